The SMILES string of the molecule is COC(=O)CC(C)NC(=O)c1cc(C2CC2)on1. The summed E-state index contributed by atoms with van der Waals surface area (Å²) in [5.74, 6) is 0.496. The highest BCUT2D eigenvalue weighted by molar-refractivity contribution is 5.92. The van der Waals surface area contributed by atoms with E-state index in [1.807, 2.05) is 0 Å². The van der Waals surface area contributed by atoms with Crippen molar-refractivity contribution in [1.82, 2.24) is 10.5 Å². The van der Waals surface area contributed by atoms with Gasteiger partial charge in [-0.15, -0.1) is 0 Å². The highest BCUT2D eigenvalue weighted by Gasteiger charge is 2.29. The molecule has 0 aliphatic heterocycles. The summed E-state index contributed by atoms with van der Waals surface area (Å²) >= 11 is 0. The van der Waals surface area contributed by atoms with E-state index < -0.39 is 0 Å². The zero-order chi connectivity index (χ0) is 13.1. The van der Waals surface area contributed by atoms with Crippen molar-refractivity contribution in [2.75, 3.05) is 7.11 Å². The average molecular weight is 252 g/mol. The summed E-state index contributed by atoms with van der Waals surface area (Å²) in [7, 11) is 1.32. The quantitative estimate of drug-likeness (QED) is 0.797. The first-order chi connectivity index (χ1) is 8.60. The van der Waals surface area contributed by atoms with Crippen LogP contribution in [0.5, 0.6) is 0 Å². The van der Waals surface area contributed by atoms with Crippen molar-refractivity contribution in [2.45, 2.75) is 38.1 Å². The lowest BCUT2D eigenvalue weighted by molar-refractivity contribution is -0.141. The summed E-state index contributed by atoms with van der Waals surface area (Å²) in [5, 5.41) is 6.40. The molecule has 18 heavy (non-hydrogen) atoms. The maximum absolute atomic E-state index is 11.8. The molecule has 0 bridgehead atoms. The monoisotopic (exact) mass is 252 g/mol. The van der Waals surface area contributed by atoms with Gasteiger partial charge in [0, 0.05) is 18.0 Å². The molecule has 1 fully saturated rings. The number of nitrogens with one attached hydrogen (secondary N) is 1. The number of amides is 1. The fourth-order valence-electron chi connectivity index (χ4n) is 1.64. The number of methoxy groups -OCH3 is 1. The lowest BCUT2D eigenvalue weighted by Crippen LogP contribution is -2.34. The third-order valence-electron chi connectivity index (χ3n) is 2.82. The summed E-state index contributed by atoms with van der Waals surface area (Å²) in [5.41, 5.74) is 0.258. The Morgan fingerprint density at radius 3 is 2.94 bits per heavy atom. The van der Waals surface area contributed by atoms with Crippen molar-refractivity contribution in [1.29, 1.82) is 0 Å². The highest BCUT2D eigenvalue weighted by Crippen LogP contribution is 2.40. The molecule has 1 heterocycles. The number of hydrogen-bond acceptors (Lipinski definition) is 5. The van der Waals surface area contributed by atoms with E-state index in [2.05, 4.69) is 15.2 Å². The van der Waals surface area contributed by atoms with Gasteiger partial charge in [-0.3, -0.25) is 9.59 Å². The summed E-state index contributed by atoms with van der Waals surface area (Å²) < 4.78 is 9.62. The minimum atomic E-state index is -0.360. The number of rotatable bonds is 5. The van der Waals surface area contributed by atoms with Gasteiger partial charge in [-0.05, 0) is 19.8 Å². The molecule has 1 aliphatic rings. The smallest absolute Gasteiger partial charge is 0.307 e. The zero-order valence-corrected chi connectivity index (χ0v) is 10.4. The molecule has 6 heteroatoms. The van der Waals surface area contributed by atoms with Crippen molar-refractivity contribution in [3.05, 3.63) is 17.5 Å². The Labute approximate surface area is 105 Å². The van der Waals surface area contributed by atoms with E-state index in [0.717, 1.165) is 18.6 Å². The van der Waals surface area contributed by atoms with Crippen LogP contribution in [0.2, 0.25) is 0 Å². The average Bonchev–Trinajstić information content (AvgIpc) is 3.06. The Bertz CT molecular complexity index is 451. The summed E-state index contributed by atoms with van der Waals surface area (Å²) in [4.78, 5) is 22.8. The number of carbonyl (C=O) groups is 2. The van der Waals surface area contributed by atoms with Crippen LogP contribution in [0, 0.1) is 0 Å². The van der Waals surface area contributed by atoms with Gasteiger partial charge in [-0.25, -0.2) is 0 Å². The van der Waals surface area contributed by atoms with Crippen molar-refractivity contribution in [3.8, 4) is 0 Å². The van der Waals surface area contributed by atoms with Gasteiger partial charge < -0.3 is 14.6 Å². The standard InChI is InChI=1S/C12H16N2O4/c1-7(5-11(15)17-2)13-12(16)9-6-10(18-14-9)8-3-4-8/h6-8H,3-5H2,1-2H3,(H,13,16). The van der Waals surface area contributed by atoms with Crippen LogP contribution < -0.4 is 5.32 Å². The lowest BCUT2D eigenvalue weighted by Gasteiger charge is -2.10. The van der Waals surface area contributed by atoms with E-state index >= 15 is 0 Å². The molecule has 98 valence electrons. The molecule has 6 nitrogen and oxygen atoms in total. The number of carbonyl (C=O) groups excluding carboxylic acids is 2. The van der Waals surface area contributed by atoms with Crippen LogP contribution >= 0.6 is 0 Å². The Morgan fingerprint density at radius 2 is 2.33 bits per heavy atom. The van der Waals surface area contributed by atoms with E-state index in [-0.39, 0.29) is 30.0 Å². The van der Waals surface area contributed by atoms with Crippen LogP contribution in [-0.2, 0) is 9.53 Å². The molecule has 0 radical (unpaired) electrons. The Morgan fingerprint density at radius 1 is 1.61 bits per heavy atom. The van der Waals surface area contributed by atoms with Crippen molar-refractivity contribution in [2.24, 2.45) is 0 Å². The van der Waals surface area contributed by atoms with E-state index in [0.29, 0.717) is 5.92 Å². The van der Waals surface area contributed by atoms with Crippen molar-refractivity contribution < 1.29 is 18.8 Å². The van der Waals surface area contributed by atoms with Gasteiger partial charge in [0.1, 0.15) is 5.76 Å². The number of aromatic nitrogens is 1. The van der Waals surface area contributed by atoms with Gasteiger partial charge in [-0.2, -0.15) is 0 Å². The predicted octanol–water partition coefficient (Wildman–Crippen LogP) is 1.23. The summed E-state index contributed by atoms with van der Waals surface area (Å²) in [6.07, 6.45) is 2.32. The van der Waals surface area contributed by atoms with Crippen molar-refractivity contribution >= 4 is 11.9 Å². The number of nitrogens with zero attached hydrogens (tertiary/aromatic N) is 1. The predicted molar refractivity (Wildman–Crippen MR) is 62.0 cm³/mol. The maximum Gasteiger partial charge on any atom is 0.307 e. The molecule has 1 aromatic heterocycles. The van der Waals surface area contributed by atoms with Crippen LogP contribution in [0.15, 0.2) is 10.6 Å². The normalized spacial score (nSPS) is 16.1. The van der Waals surface area contributed by atoms with Crippen LogP contribution in [-0.4, -0.2) is 30.2 Å². The number of ether oxygens (including phenoxy) is 1. The molecule has 0 saturated heterocycles. The molecule has 0 spiro atoms. The molecule has 1 saturated carbocycles. The third kappa shape index (κ3) is 3.09. The van der Waals surface area contributed by atoms with Crippen LogP contribution in [0.4, 0.5) is 0 Å². The molecule has 1 atom stereocenters. The first-order valence-electron chi connectivity index (χ1n) is 5.94. The van der Waals surface area contributed by atoms with Crippen LogP contribution in [0.1, 0.15) is 48.4 Å². The molecule has 1 amide bonds. The second-order valence-electron chi connectivity index (χ2n) is 4.54. The lowest BCUT2D eigenvalue weighted by atomic mass is 10.2. The Hall–Kier alpha value is -1.85. The fraction of sp³-hybridized carbons (Fsp3) is 0.583. The highest BCUT2D eigenvalue weighted by atomic mass is 16.5. The third-order valence-corrected chi connectivity index (χ3v) is 2.82. The molecule has 1 N–H and O–H groups in total. The van der Waals surface area contributed by atoms with E-state index in [1.165, 1.54) is 7.11 Å². The van der Waals surface area contributed by atoms with Crippen LogP contribution in [0.3, 0.4) is 0 Å². The fourth-order valence-corrected chi connectivity index (χ4v) is 1.64. The van der Waals surface area contributed by atoms with Gasteiger partial charge in [0.05, 0.1) is 13.5 Å². The first kappa shape index (κ1) is 12.6. The van der Waals surface area contributed by atoms with Gasteiger partial charge in [-0.1, -0.05) is 5.16 Å². The second-order valence-corrected chi connectivity index (χ2v) is 4.54. The van der Waals surface area contributed by atoms with Gasteiger partial charge in [0.25, 0.3) is 5.91 Å². The van der Waals surface area contributed by atoms with E-state index in [4.69, 9.17) is 4.52 Å². The molecular weight excluding hydrogens is 236 g/mol. The molecule has 2 rings (SSSR count). The zero-order valence-electron chi connectivity index (χ0n) is 10.4. The molecule has 0 aromatic carbocycles. The minimum Gasteiger partial charge on any atom is -0.469 e. The van der Waals surface area contributed by atoms with Gasteiger partial charge >= 0.3 is 5.97 Å². The molecular formula is C12H16N2O4. The Balaban J connectivity index is 1.87. The molecule has 1 aromatic rings. The Kier molecular flexibility index (Phi) is 3.64. The molecule has 1 unspecified atom stereocenters. The number of esters is 1. The van der Waals surface area contributed by atoms with Gasteiger partial charge in [0.2, 0.25) is 0 Å². The summed E-state index contributed by atoms with van der Waals surface area (Å²) in [6.45, 7) is 1.73. The van der Waals surface area contributed by atoms with E-state index in [1.54, 1.807) is 13.0 Å². The first-order valence-corrected chi connectivity index (χ1v) is 5.94. The largest absolute Gasteiger partial charge is 0.469 e. The maximum atomic E-state index is 11.8. The minimum absolute atomic E-state index is 0.134. The topological polar surface area (TPSA) is 81.4 Å². The van der Waals surface area contributed by atoms with E-state index in [9.17, 15) is 9.59 Å². The van der Waals surface area contributed by atoms with Gasteiger partial charge in [0.15, 0.2) is 5.69 Å². The van der Waals surface area contributed by atoms with Crippen LogP contribution in [0.25, 0.3) is 0 Å². The number of hydrogen-bond donors (Lipinski definition) is 1. The molecule has 1 aliphatic carbocycles. The van der Waals surface area contributed by atoms with Crippen molar-refractivity contribution in [3.63, 3.8) is 0 Å². The second kappa shape index (κ2) is 5.20. The summed E-state index contributed by atoms with van der Waals surface area (Å²) in [6, 6.07) is 1.36.